The van der Waals surface area contributed by atoms with Crippen molar-refractivity contribution in [2.75, 3.05) is 0 Å². The maximum absolute atomic E-state index is 8.65. The minimum atomic E-state index is 1.93. The van der Waals surface area contributed by atoms with Gasteiger partial charge in [0.05, 0.1) is 17.7 Å². The lowest BCUT2D eigenvalue weighted by atomic mass is 12.9. The molecule has 0 bridgehead atoms. The smallest absolute Gasteiger partial charge is 0.0924 e. The van der Waals surface area contributed by atoms with Crippen molar-refractivity contribution in [2.24, 2.45) is 9.76 Å². The molecular weight excluding hydrogens is 76.1 g/mol. The van der Waals surface area contributed by atoms with Crippen molar-refractivity contribution in [3.05, 3.63) is 4.91 Å². The van der Waals surface area contributed by atoms with Gasteiger partial charge in [-0.1, -0.05) is 0 Å². The molecule has 0 aliphatic rings. The Labute approximate surface area is 28.1 Å². The highest BCUT2D eigenvalue weighted by molar-refractivity contribution is 7.47. The van der Waals surface area contributed by atoms with E-state index in [9.17, 15) is 0 Å². The fourth-order valence-electron chi connectivity index (χ4n) is 0. The van der Waals surface area contributed by atoms with Gasteiger partial charge in [0.25, 0.3) is 0 Å². The normalized spacial score (nSPS) is 5.00. The summed E-state index contributed by atoms with van der Waals surface area (Å²) in [6, 6.07) is 0. The Bertz CT molecular complexity index is 27.0. The molecule has 0 rings (SSSR count). The van der Waals surface area contributed by atoms with E-state index in [1.807, 2.05) is 5.29 Å². The van der Waals surface area contributed by atoms with Crippen LogP contribution in [-0.2, 0) is 12.4 Å². The highest BCUT2D eigenvalue weighted by Gasteiger charge is 1.38. The molecule has 3 nitrogen and oxygen atoms in total. The third-order valence-corrected chi connectivity index (χ3v) is 0.100. The molecule has 0 radical (unpaired) electrons. The molecule has 0 N–H and O–H groups in total. The molecule has 0 fully saturated rings. The van der Waals surface area contributed by atoms with Gasteiger partial charge in [0.15, 0.2) is 0 Å². The first kappa shape index (κ1) is 3.62. The summed E-state index contributed by atoms with van der Waals surface area (Å²) in [4.78, 5) is 8.65. The SMILES string of the molecule is O=NN=S. The molecule has 0 aromatic heterocycles. The average Bonchev–Trinajstić information content (AvgIpc) is 1.37. The van der Waals surface area contributed by atoms with E-state index < -0.39 is 0 Å². The Morgan fingerprint density at radius 3 is 2.00 bits per heavy atom. The fourth-order valence-corrected chi connectivity index (χ4v) is 0. The third kappa shape index (κ3) is 1.62. The van der Waals surface area contributed by atoms with Crippen molar-refractivity contribution in [3.63, 3.8) is 0 Å². The number of hydrogen-bond acceptors (Lipinski definition) is 2. The van der Waals surface area contributed by atoms with E-state index in [0.717, 1.165) is 0 Å². The number of nitroso groups, excluding NO2 is 1. The molecule has 4 heavy (non-hydrogen) atoms. The fraction of sp³-hybridized carbons (Fsp3) is 0. The Morgan fingerprint density at radius 1 is 1.75 bits per heavy atom. The zero-order chi connectivity index (χ0) is 3.41. The molecule has 0 atom stereocenters. The van der Waals surface area contributed by atoms with Gasteiger partial charge in [-0.2, -0.15) is 0 Å². The van der Waals surface area contributed by atoms with Gasteiger partial charge in [0.2, 0.25) is 0 Å². The van der Waals surface area contributed by atoms with Crippen LogP contribution in [0.2, 0.25) is 0 Å². The molecule has 22 valence electrons. The molecule has 0 aromatic carbocycles. The van der Waals surface area contributed by atoms with Crippen LogP contribution < -0.4 is 0 Å². The van der Waals surface area contributed by atoms with E-state index in [1.54, 1.807) is 0 Å². The van der Waals surface area contributed by atoms with Gasteiger partial charge < -0.3 is 0 Å². The lowest BCUT2D eigenvalue weighted by Crippen LogP contribution is -1.22. The first-order chi connectivity index (χ1) is 1.91. The van der Waals surface area contributed by atoms with Crippen LogP contribution in [0.1, 0.15) is 0 Å². The zero-order valence-corrected chi connectivity index (χ0v) is 2.53. The van der Waals surface area contributed by atoms with E-state index in [0.29, 0.717) is 0 Å². The second-order valence-corrected chi connectivity index (χ2v) is 0.327. The van der Waals surface area contributed by atoms with Crippen LogP contribution in [0.15, 0.2) is 9.76 Å². The minimum absolute atomic E-state index is 1.93. The van der Waals surface area contributed by atoms with E-state index in [2.05, 4.69) is 16.9 Å². The largest absolute Gasteiger partial charge is 0.122 e. The lowest BCUT2D eigenvalue weighted by Gasteiger charge is -1.35. The molecule has 4 heteroatoms. The van der Waals surface area contributed by atoms with Gasteiger partial charge >= 0.3 is 0 Å². The van der Waals surface area contributed by atoms with E-state index in [4.69, 9.17) is 4.91 Å². The molecule has 0 amide bonds. The highest BCUT2D eigenvalue weighted by Crippen LogP contribution is 1.52. The molecule has 0 aliphatic heterocycles. The first-order valence-corrected chi connectivity index (χ1v) is 0.930. The summed E-state index contributed by atoms with van der Waals surface area (Å²) < 4.78 is 2.39. The van der Waals surface area contributed by atoms with Gasteiger partial charge in [0, 0.05) is 0 Å². The van der Waals surface area contributed by atoms with Crippen LogP contribution in [0.5, 0.6) is 0 Å². The molecule has 0 aromatic rings. The maximum atomic E-state index is 8.65. The van der Waals surface area contributed by atoms with E-state index in [1.165, 1.54) is 0 Å². The molecule has 0 aliphatic carbocycles. The van der Waals surface area contributed by atoms with E-state index >= 15 is 0 Å². The summed E-state index contributed by atoms with van der Waals surface area (Å²) >= 11 is 3.70. The summed E-state index contributed by atoms with van der Waals surface area (Å²) in [7, 11) is 0. The molecular formula is N2OS. The summed E-state index contributed by atoms with van der Waals surface area (Å²) in [6.45, 7) is 0. The van der Waals surface area contributed by atoms with Crippen molar-refractivity contribution in [1.82, 2.24) is 0 Å². The standard InChI is InChI=1S/N2OS/c3-1-2-4. The quantitative estimate of drug-likeness (QED) is 0.335. The monoisotopic (exact) mass is 76.0 g/mol. The van der Waals surface area contributed by atoms with Crippen molar-refractivity contribution in [1.29, 1.82) is 0 Å². The predicted octanol–water partition coefficient (Wildman–Crippen LogP) is 0.398. The van der Waals surface area contributed by atoms with Crippen LogP contribution in [0.3, 0.4) is 0 Å². The Morgan fingerprint density at radius 2 is 2.00 bits per heavy atom. The van der Waals surface area contributed by atoms with Gasteiger partial charge in [0.1, 0.15) is 0 Å². The Balaban J connectivity index is 2.73. The van der Waals surface area contributed by atoms with Crippen LogP contribution in [0.4, 0.5) is 0 Å². The van der Waals surface area contributed by atoms with Gasteiger partial charge in [-0.15, -0.1) is 4.91 Å². The minimum Gasteiger partial charge on any atom is -0.122 e. The number of rotatable bonds is 1. The van der Waals surface area contributed by atoms with Crippen LogP contribution in [0, 0.1) is 4.91 Å². The van der Waals surface area contributed by atoms with Gasteiger partial charge in [-0.3, -0.25) is 0 Å². The van der Waals surface area contributed by atoms with Crippen molar-refractivity contribution in [3.8, 4) is 0 Å². The lowest BCUT2D eigenvalue weighted by molar-refractivity contribution is 1.27. The third-order valence-electron chi connectivity index (χ3n) is 0.0333. The maximum Gasteiger partial charge on any atom is 0.0924 e. The molecule has 0 unspecified atom stereocenters. The summed E-state index contributed by atoms with van der Waals surface area (Å²) in [5.74, 6) is 0. The zero-order valence-electron chi connectivity index (χ0n) is 1.71. The van der Waals surface area contributed by atoms with Crippen molar-refractivity contribution < 1.29 is 0 Å². The number of nitrogens with zero attached hydrogens (tertiary/aromatic N) is 2. The average molecular weight is 76.1 g/mol. The Kier molecular flexibility index (Phi) is 2.37. The van der Waals surface area contributed by atoms with Crippen LogP contribution >= 0.6 is 0 Å². The summed E-state index contributed by atoms with van der Waals surface area (Å²) in [5.41, 5.74) is 0. The van der Waals surface area contributed by atoms with Crippen LogP contribution in [0.25, 0.3) is 0 Å². The van der Waals surface area contributed by atoms with Crippen molar-refractivity contribution in [2.45, 2.75) is 0 Å². The molecule has 0 heterocycles. The molecule has 0 saturated carbocycles. The van der Waals surface area contributed by atoms with Crippen molar-refractivity contribution >= 4 is 12.4 Å². The molecule has 0 saturated heterocycles. The second-order valence-electron chi connectivity index (χ2n) is 0.163. The van der Waals surface area contributed by atoms with Gasteiger partial charge in [-0.05, 0) is 4.47 Å². The highest BCUT2D eigenvalue weighted by atomic mass is 32.1. The van der Waals surface area contributed by atoms with Gasteiger partial charge in [-0.25, -0.2) is 0 Å². The predicted molar refractivity (Wildman–Crippen MR) is 15.6 cm³/mol. The topological polar surface area (TPSA) is 41.8 Å². The Hall–Kier alpha value is -0.380. The first-order valence-electron chi connectivity index (χ1n) is 0.565. The number of hydrogen-bond donors (Lipinski definition) is 0. The second kappa shape index (κ2) is 2.62. The summed E-state index contributed by atoms with van der Waals surface area (Å²) in [5, 5.41) is 1.93. The van der Waals surface area contributed by atoms with E-state index in [-0.39, 0.29) is 0 Å². The van der Waals surface area contributed by atoms with Crippen LogP contribution in [-0.4, -0.2) is 0 Å². The summed E-state index contributed by atoms with van der Waals surface area (Å²) in [6.07, 6.45) is 0. The molecule has 0 spiro atoms.